The predicted octanol–water partition coefficient (Wildman–Crippen LogP) is 2.43. The lowest BCUT2D eigenvalue weighted by Gasteiger charge is -2.35. The first kappa shape index (κ1) is 16.6. The molecule has 2 aromatic heterocycles. The number of hydrogen-bond acceptors (Lipinski definition) is 5. The number of amides is 1. The van der Waals surface area contributed by atoms with E-state index in [2.05, 4.69) is 4.98 Å². The maximum absolute atomic E-state index is 12.8. The molecule has 1 unspecified atom stereocenters. The summed E-state index contributed by atoms with van der Waals surface area (Å²) in [4.78, 5) is 30.0. The van der Waals surface area contributed by atoms with Crippen molar-refractivity contribution in [3.05, 3.63) is 40.2 Å². The largest absolute Gasteiger partial charge is 0.481 e. The van der Waals surface area contributed by atoms with Crippen molar-refractivity contribution in [1.29, 1.82) is 0 Å². The number of aliphatic carboxylic acids is 1. The van der Waals surface area contributed by atoms with Gasteiger partial charge in [-0.25, -0.2) is 0 Å². The zero-order valence-electron chi connectivity index (χ0n) is 13.3. The standard InChI is InChI=1S/C17H18N2O4S/c1-11-14(2-3-15(18-11)12-4-7-24-10-12)17(22)19-5-6-23-9-13(19)8-16(20)21/h2-4,7,10,13H,5-6,8-9H2,1H3,(H,20,21). The van der Waals surface area contributed by atoms with Gasteiger partial charge >= 0.3 is 5.97 Å². The average Bonchev–Trinajstić information content (AvgIpc) is 3.08. The number of aryl methyl sites for hydroxylation is 1. The smallest absolute Gasteiger partial charge is 0.305 e. The van der Waals surface area contributed by atoms with Crippen LogP contribution in [0.5, 0.6) is 0 Å². The number of rotatable bonds is 4. The van der Waals surface area contributed by atoms with E-state index in [1.807, 2.05) is 22.9 Å². The van der Waals surface area contributed by atoms with Gasteiger partial charge in [0.1, 0.15) is 0 Å². The Labute approximate surface area is 143 Å². The molecule has 0 aromatic carbocycles. The van der Waals surface area contributed by atoms with Crippen LogP contribution >= 0.6 is 11.3 Å². The van der Waals surface area contributed by atoms with Gasteiger partial charge in [-0.2, -0.15) is 11.3 Å². The minimum Gasteiger partial charge on any atom is -0.481 e. The van der Waals surface area contributed by atoms with Crippen LogP contribution in [0.3, 0.4) is 0 Å². The van der Waals surface area contributed by atoms with Gasteiger partial charge in [-0.15, -0.1) is 0 Å². The number of ether oxygens (including phenoxy) is 1. The van der Waals surface area contributed by atoms with Crippen LogP contribution in [0.15, 0.2) is 29.0 Å². The normalized spacial score (nSPS) is 17.7. The van der Waals surface area contributed by atoms with Crippen LogP contribution in [0.4, 0.5) is 0 Å². The van der Waals surface area contributed by atoms with E-state index in [0.29, 0.717) is 24.4 Å². The second-order valence-electron chi connectivity index (χ2n) is 5.67. The third kappa shape index (κ3) is 3.47. The first-order valence-corrected chi connectivity index (χ1v) is 8.61. The molecule has 0 aliphatic carbocycles. The van der Waals surface area contributed by atoms with Crippen LogP contribution in [0.2, 0.25) is 0 Å². The van der Waals surface area contributed by atoms with Gasteiger partial charge in [0.2, 0.25) is 0 Å². The molecule has 2 aromatic rings. The van der Waals surface area contributed by atoms with E-state index >= 15 is 0 Å². The van der Waals surface area contributed by atoms with Crippen LogP contribution in [0, 0.1) is 6.92 Å². The number of carboxylic acid groups (broad SMARTS) is 1. The summed E-state index contributed by atoms with van der Waals surface area (Å²) in [5.41, 5.74) is 3.00. The summed E-state index contributed by atoms with van der Waals surface area (Å²) in [6, 6.07) is 5.14. The van der Waals surface area contributed by atoms with E-state index in [1.54, 1.807) is 29.2 Å². The summed E-state index contributed by atoms with van der Waals surface area (Å²) < 4.78 is 5.33. The number of aromatic nitrogens is 1. The summed E-state index contributed by atoms with van der Waals surface area (Å²) in [5.74, 6) is -1.13. The van der Waals surface area contributed by atoms with Gasteiger partial charge in [-0.1, -0.05) is 0 Å². The van der Waals surface area contributed by atoms with E-state index in [1.165, 1.54) is 0 Å². The van der Waals surface area contributed by atoms with E-state index in [4.69, 9.17) is 9.84 Å². The molecular weight excluding hydrogens is 328 g/mol. The van der Waals surface area contributed by atoms with Crippen LogP contribution < -0.4 is 0 Å². The first-order valence-electron chi connectivity index (χ1n) is 7.67. The quantitative estimate of drug-likeness (QED) is 0.920. The molecule has 1 saturated heterocycles. The van der Waals surface area contributed by atoms with E-state index in [9.17, 15) is 9.59 Å². The van der Waals surface area contributed by atoms with Crippen LogP contribution in [-0.2, 0) is 9.53 Å². The van der Waals surface area contributed by atoms with Gasteiger partial charge in [0, 0.05) is 17.5 Å². The summed E-state index contributed by atoms with van der Waals surface area (Å²) in [5, 5.41) is 13.0. The fraction of sp³-hybridized carbons (Fsp3) is 0.353. The van der Waals surface area contributed by atoms with E-state index in [-0.39, 0.29) is 18.9 Å². The molecule has 1 atom stereocenters. The minimum absolute atomic E-state index is 0.120. The second kappa shape index (κ2) is 7.11. The second-order valence-corrected chi connectivity index (χ2v) is 6.45. The molecule has 3 heterocycles. The van der Waals surface area contributed by atoms with Gasteiger partial charge in [0.25, 0.3) is 5.91 Å². The number of carboxylic acids is 1. The van der Waals surface area contributed by atoms with Gasteiger partial charge in [-0.3, -0.25) is 14.6 Å². The molecule has 126 valence electrons. The Balaban J connectivity index is 1.84. The molecule has 0 bridgehead atoms. The zero-order chi connectivity index (χ0) is 17.1. The minimum atomic E-state index is -0.939. The van der Waals surface area contributed by atoms with Crippen molar-refractivity contribution >= 4 is 23.2 Å². The summed E-state index contributed by atoms with van der Waals surface area (Å²) in [7, 11) is 0. The number of carbonyl (C=O) groups is 2. The Kier molecular flexibility index (Phi) is 4.92. The Morgan fingerprint density at radius 3 is 2.92 bits per heavy atom. The van der Waals surface area contributed by atoms with Crippen molar-refractivity contribution in [2.45, 2.75) is 19.4 Å². The Hall–Kier alpha value is -2.25. The molecular formula is C17H18N2O4S. The molecule has 1 fully saturated rings. The van der Waals surface area contributed by atoms with Crippen LogP contribution in [-0.4, -0.2) is 52.7 Å². The SMILES string of the molecule is Cc1nc(-c2ccsc2)ccc1C(=O)N1CCOCC1CC(=O)O. The highest BCUT2D eigenvalue weighted by atomic mass is 32.1. The molecule has 24 heavy (non-hydrogen) atoms. The Morgan fingerprint density at radius 2 is 2.25 bits per heavy atom. The van der Waals surface area contributed by atoms with Crippen molar-refractivity contribution in [3.8, 4) is 11.3 Å². The summed E-state index contributed by atoms with van der Waals surface area (Å²) in [6.45, 7) is 2.86. The highest BCUT2D eigenvalue weighted by Gasteiger charge is 2.30. The van der Waals surface area contributed by atoms with Crippen molar-refractivity contribution in [3.63, 3.8) is 0 Å². The maximum Gasteiger partial charge on any atom is 0.305 e. The molecule has 1 aliphatic heterocycles. The number of pyridine rings is 1. The molecule has 0 saturated carbocycles. The number of carbonyl (C=O) groups excluding carboxylic acids is 1. The molecule has 1 N–H and O–H groups in total. The van der Waals surface area contributed by atoms with Crippen molar-refractivity contribution in [2.24, 2.45) is 0 Å². The van der Waals surface area contributed by atoms with Crippen molar-refractivity contribution in [2.75, 3.05) is 19.8 Å². The first-order chi connectivity index (χ1) is 11.6. The van der Waals surface area contributed by atoms with Gasteiger partial charge in [0.05, 0.1) is 42.6 Å². The highest BCUT2D eigenvalue weighted by Crippen LogP contribution is 2.23. The maximum atomic E-state index is 12.8. The predicted molar refractivity (Wildman–Crippen MR) is 90.2 cm³/mol. The fourth-order valence-corrected chi connectivity index (χ4v) is 3.46. The molecule has 3 rings (SSSR count). The molecule has 0 radical (unpaired) electrons. The Morgan fingerprint density at radius 1 is 1.42 bits per heavy atom. The van der Waals surface area contributed by atoms with E-state index in [0.717, 1.165) is 11.3 Å². The number of morpholine rings is 1. The third-order valence-electron chi connectivity index (χ3n) is 4.03. The van der Waals surface area contributed by atoms with Gasteiger partial charge in [0.15, 0.2) is 0 Å². The zero-order valence-corrected chi connectivity index (χ0v) is 14.1. The monoisotopic (exact) mass is 346 g/mol. The van der Waals surface area contributed by atoms with Crippen molar-refractivity contribution in [1.82, 2.24) is 9.88 Å². The highest BCUT2D eigenvalue weighted by molar-refractivity contribution is 7.08. The number of thiophene rings is 1. The third-order valence-corrected chi connectivity index (χ3v) is 4.72. The lowest BCUT2D eigenvalue weighted by atomic mass is 10.1. The van der Waals surface area contributed by atoms with E-state index < -0.39 is 12.0 Å². The number of nitrogens with zero attached hydrogens (tertiary/aromatic N) is 2. The van der Waals surface area contributed by atoms with Gasteiger partial charge < -0.3 is 14.7 Å². The molecule has 7 heteroatoms. The lowest BCUT2D eigenvalue weighted by molar-refractivity contribution is -0.139. The van der Waals surface area contributed by atoms with Crippen LogP contribution in [0.1, 0.15) is 22.5 Å². The Bertz CT molecular complexity index is 745. The average molecular weight is 346 g/mol. The summed E-state index contributed by atoms with van der Waals surface area (Å²) in [6.07, 6.45) is -0.120. The number of hydrogen-bond donors (Lipinski definition) is 1. The molecule has 1 amide bonds. The summed E-state index contributed by atoms with van der Waals surface area (Å²) >= 11 is 1.59. The van der Waals surface area contributed by atoms with Crippen LogP contribution in [0.25, 0.3) is 11.3 Å². The molecule has 1 aliphatic rings. The fourth-order valence-electron chi connectivity index (χ4n) is 2.81. The lowest BCUT2D eigenvalue weighted by Crippen LogP contribution is -2.49. The van der Waals surface area contributed by atoms with Gasteiger partial charge in [-0.05, 0) is 30.5 Å². The topological polar surface area (TPSA) is 79.7 Å². The molecule has 6 nitrogen and oxygen atoms in total. The van der Waals surface area contributed by atoms with Crippen molar-refractivity contribution < 1.29 is 19.4 Å². The molecule has 0 spiro atoms.